The van der Waals surface area contributed by atoms with E-state index in [1.54, 1.807) is 11.6 Å². The highest BCUT2D eigenvalue weighted by molar-refractivity contribution is 7.14. The Hall–Kier alpha value is -2.15. The first-order valence-corrected chi connectivity index (χ1v) is 6.99. The fourth-order valence-corrected chi connectivity index (χ4v) is 2.40. The van der Waals surface area contributed by atoms with Gasteiger partial charge in [0, 0.05) is 24.8 Å². The Labute approximate surface area is 120 Å². The third-order valence-electron chi connectivity index (χ3n) is 2.48. The fraction of sp³-hybridized carbons (Fsp3) is 0.308. The smallest absolute Gasteiger partial charge is 0.271 e. The third-order valence-corrected chi connectivity index (χ3v) is 3.24. The highest BCUT2D eigenvalue weighted by atomic mass is 32.1. The van der Waals surface area contributed by atoms with E-state index in [0.29, 0.717) is 17.2 Å². The molecule has 20 heavy (non-hydrogen) atoms. The van der Waals surface area contributed by atoms with E-state index in [1.807, 2.05) is 19.1 Å². The topological polar surface area (TPSA) is 84.2 Å². The Balaban J connectivity index is 1.90. The normalized spacial score (nSPS) is 11.9. The second-order valence-electron chi connectivity index (χ2n) is 4.38. The van der Waals surface area contributed by atoms with Gasteiger partial charge in [0.25, 0.3) is 5.91 Å². The van der Waals surface area contributed by atoms with Crippen molar-refractivity contribution >= 4 is 28.3 Å². The molecule has 1 atom stereocenters. The Morgan fingerprint density at radius 3 is 2.95 bits per heavy atom. The van der Waals surface area contributed by atoms with Gasteiger partial charge in [0.2, 0.25) is 5.91 Å². The second-order valence-corrected chi connectivity index (χ2v) is 5.24. The predicted octanol–water partition coefficient (Wildman–Crippen LogP) is 2.06. The molecule has 2 aromatic rings. The van der Waals surface area contributed by atoms with Crippen molar-refractivity contribution in [3.63, 3.8) is 0 Å². The zero-order valence-corrected chi connectivity index (χ0v) is 12.0. The van der Waals surface area contributed by atoms with Crippen molar-refractivity contribution in [2.75, 3.05) is 5.32 Å². The number of nitrogens with zero attached hydrogens (tertiary/aromatic N) is 1. The average molecular weight is 293 g/mol. The number of furan rings is 1. The lowest BCUT2D eigenvalue weighted by Gasteiger charge is -2.11. The second kappa shape index (κ2) is 6.33. The first-order valence-electron chi connectivity index (χ1n) is 6.11. The molecule has 0 aliphatic heterocycles. The maximum atomic E-state index is 12.0. The van der Waals surface area contributed by atoms with Crippen LogP contribution in [-0.2, 0) is 11.2 Å². The van der Waals surface area contributed by atoms with Crippen LogP contribution in [0.3, 0.4) is 0 Å². The summed E-state index contributed by atoms with van der Waals surface area (Å²) in [5.41, 5.74) is 0.296. The van der Waals surface area contributed by atoms with Crippen LogP contribution in [0.5, 0.6) is 0 Å². The molecule has 0 saturated heterocycles. The molecule has 106 valence electrons. The van der Waals surface area contributed by atoms with Crippen LogP contribution in [0, 0.1) is 0 Å². The molecule has 2 heterocycles. The molecule has 2 amide bonds. The number of nitrogens with one attached hydrogen (secondary N) is 2. The van der Waals surface area contributed by atoms with Gasteiger partial charge in [-0.15, -0.1) is 11.3 Å². The van der Waals surface area contributed by atoms with Crippen molar-refractivity contribution in [2.45, 2.75) is 26.3 Å². The molecule has 0 unspecified atom stereocenters. The molecule has 7 heteroatoms. The quantitative estimate of drug-likeness (QED) is 0.883. The van der Waals surface area contributed by atoms with Crippen LogP contribution < -0.4 is 10.6 Å². The number of hydrogen-bond donors (Lipinski definition) is 2. The van der Waals surface area contributed by atoms with Gasteiger partial charge in [0.15, 0.2) is 5.13 Å². The first kappa shape index (κ1) is 14.3. The molecule has 2 rings (SSSR count). The number of carbonyl (C=O) groups is 2. The predicted molar refractivity (Wildman–Crippen MR) is 75.8 cm³/mol. The van der Waals surface area contributed by atoms with E-state index < -0.39 is 0 Å². The number of hydrogen-bond acceptors (Lipinski definition) is 5. The van der Waals surface area contributed by atoms with Gasteiger partial charge in [-0.25, -0.2) is 4.98 Å². The molecule has 0 aliphatic carbocycles. The van der Waals surface area contributed by atoms with Crippen molar-refractivity contribution in [1.29, 1.82) is 0 Å². The van der Waals surface area contributed by atoms with Crippen molar-refractivity contribution in [2.24, 2.45) is 0 Å². The van der Waals surface area contributed by atoms with Gasteiger partial charge >= 0.3 is 0 Å². The Kier molecular flexibility index (Phi) is 4.52. The highest BCUT2D eigenvalue weighted by Gasteiger charge is 2.14. The first-order chi connectivity index (χ1) is 9.54. The summed E-state index contributed by atoms with van der Waals surface area (Å²) in [7, 11) is 0. The minimum Gasteiger partial charge on any atom is -0.469 e. The van der Waals surface area contributed by atoms with Gasteiger partial charge < -0.3 is 15.1 Å². The van der Waals surface area contributed by atoms with Gasteiger partial charge in [-0.3, -0.25) is 9.59 Å². The Morgan fingerprint density at radius 2 is 2.30 bits per heavy atom. The standard InChI is InChI=1S/C13H15N3O3S/c1-8(6-10-4-3-5-19-10)14-12(18)11-7-20-13(16-11)15-9(2)17/h3-5,7-8H,6H2,1-2H3,(H,14,18)(H,15,16,17)/t8-/m1/s1. The van der Waals surface area contributed by atoms with Crippen LogP contribution in [0.25, 0.3) is 0 Å². The van der Waals surface area contributed by atoms with Crippen LogP contribution in [0.15, 0.2) is 28.2 Å². The lowest BCUT2D eigenvalue weighted by Crippen LogP contribution is -2.34. The maximum Gasteiger partial charge on any atom is 0.271 e. The van der Waals surface area contributed by atoms with Crippen LogP contribution >= 0.6 is 11.3 Å². The molecule has 2 N–H and O–H groups in total. The molecule has 0 bridgehead atoms. The molecular weight excluding hydrogens is 278 g/mol. The van der Waals surface area contributed by atoms with Gasteiger partial charge in [0.1, 0.15) is 11.5 Å². The Bertz CT molecular complexity index is 592. The van der Waals surface area contributed by atoms with Gasteiger partial charge in [-0.2, -0.15) is 0 Å². The van der Waals surface area contributed by atoms with Crippen molar-refractivity contribution in [3.05, 3.63) is 35.2 Å². The van der Waals surface area contributed by atoms with Crippen LogP contribution in [-0.4, -0.2) is 22.8 Å². The summed E-state index contributed by atoms with van der Waals surface area (Å²) in [6.07, 6.45) is 2.21. The van der Waals surface area contributed by atoms with Crippen LogP contribution in [0.1, 0.15) is 30.1 Å². The van der Waals surface area contributed by atoms with Crippen molar-refractivity contribution in [1.82, 2.24) is 10.3 Å². The maximum absolute atomic E-state index is 12.0. The zero-order chi connectivity index (χ0) is 14.5. The number of carbonyl (C=O) groups excluding carboxylic acids is 2. The highest BCUT2D eigenvalue weighted by Crippen LogP contribution is 2.15. The molecule has 6 nitrogen and oxygen atoms in total. The van der Waals surface area contributed by atoms with Crippen molar-refractivity contribution < 1.29 is 14.0 Å². The molecule has 0 radical (unpaired) electrons. The minimum atomic E-state index is -0.267. The molecule has 0 aromatic carbocycles. The summed E-state index contributed by atoms with van der Waals surface area (Å²) < 4.78 is 5.23. The van der Waals surface area contributed by atoms with E-state index in [-0.39, 0.29) is 17.9 Å². The summed E-state index contributed by atoms with van der Waals surface area (Å²) in [5, 5.41) is 7.41. The van der Waals surface area contributed by atoms with E-state index >= 15 is 0 Å². The van der Waals surface area contributed by atoms with E-state index in [2.05, 4.69) is 15.6 Å². The summed E-state index contributed by atoms with van der Waals surface area (Å²) in [4.78, 5) is 26.9. The number of rotatable bonds is 5. The molecule has 0 saturated carbocycles. The van der Waals surface area contributed by atoms with Gasteiger partial charge in [-0.05, 0) is 19.1 Å². The average Bonchev–Trinajstić information content (AvgIpc) is 2.99. The van der Waals surface area contributed by atoms with Crippen LogP contribution in [0.4, 0.5) is 5.13 Å². The summed E-state index contributed by atoms with van der Waals surface area (Å²) in [6.45, 7) is 3.29. The largest absolute Gasteiger partial charge is 0.469 e. The summed E-state index contributed by atoms with van der Waals surface area (Å²) in [6, 6.07) is 3.60. The molecule has 0 spiro atoms. The fourth-order valence-electron chi connectivity index (χ4n) is 1.67. The van der Waals surface area contributed by atoms with E-state index in [9.17, 15) is 9.59 Å². The number of aromatic nitrogens is 1. The summed E-state index contributed by atoms with van der Waals surface area (Å²) in [5.74, 6) is 0.337. The number of amides is 2. The van der Waals surface area contributed by atoms with Crippen molar-refractivity contribution in [3.8, 4) is 0 Å². The number of thiazole rings is 1. The van der Waals surface area contributed by atoms with Gasteiger partial charge in [-0.1, -0.05) is 0 Å². The van der Waals surface area contributed by atoms with Crippen LogP contribution in [0.2, 0.25) is 0 Å². The van der Waals surface area contributed by atoms with E-state index in [0.717, 1.165) is 5.76 Å². The zero-order valence-electron chi connectivity index (χ0n) is 11.2. The molecule has 0 aliphatic rings. The summed E-state index contributed by atoms with van der Waals surface area (Å²) >= 11 is 1.22. The third kappa shape index (κ3) is 3.92. The molecular formula is C13H15N3O3S. The van der Waals surface area contributed by atoms with E-state index in [4.69, 9.17) is 4.42 Å². The number of anilines is 1. The van der Waals surface area contributed by atoms with Gasteiger partial charge in [0.05, 0.1) is 6.26 Å². The van der Waals surface area contributed by atoms with E-state index in [1.165, 1.54) is 18.3 Å². The molecule has 2 aromatic heterocycles. The molecule has 0 fully saturated rings. The minimum absolute atomic E-state index is 0.0698. The lowest BCUT2D eigenvalue weighted by molar-refractivity contribution is -0.114. The lowest BCUT2D eigenvalue weighted by atomic mass is 10.2. The monoisotopic (exact) mass is 293 g/mol. The Morgan fingerprint density at radius 1 is 1.50 bits per heavy atom. The SMILES string of the molecule is CC(=O)Nc1nc(C(=O)N[C@H](C)Cc2ccco2)cs1.